The third-order valence-electron chi connectivity index (χ3n) is 5.55. The smallest absolute Gasteiger partial charge is 0.261 e. The van der Waals surface area contributed by atoms with E-state index in [0.717, 1.165) is 50.4 Å². The van der Waals surface area contributed by atoms with Crippen molar-refractivity contribution >= 4 is 10.9 Å². The van der Waals surface area contributed by atoms with Crippen molar-refractivity contribution in [2.45, 2.75) is 32.4 Å². The fraction of sp³-hybridized carbons (Fsp3) is 0.600. The zero-order valence-corrected chi connectivity index (χ0v) is 15.4. The third-order valence-corrected chi connectivity index (χ3v) is 5.55. The summed E-state index contributed by atoms with van der Waals surface area (Å²) >= 11 is 0. The lowest BCUT2D eigenvalue weighted by Crippen LogP contribution is -2.44. The molecule has 0 bridgehead atoms. The van der Waals surface area contributed by atoms with Gasteiger partial charge >= 0.3 is 0 Å². The molecule has 1 unspecified atom stereocenters. The van der Waals surface area contributed by atoms with E-state index >= 15 is 0 Å². The van der Waals surface area contributed by atoms with E-state index < -0.39 is 0 Å². The van der Waals surface area contributed by atoms with Gasteiger partial charge in [0, 0.05) is 13.1 Å². The van der Waals surface area contributed by atoms with Crippen LogP contribution in [0.4, 0.5) is 0 Å². The summed E-state index contributed by atoms with van der Waals surface area (Å²) in [5, 5.41) is 0.713. The van der Waals surface area contributed by atoms with Crippen LogP contribution in [0.3, 0.4) is 0 Å². The van der Waals surface area contributed by atoms with Crippen molar-refractivity contribution in [3.05, 3.63) is 40.4 Å². The van der Waals surface area contributed by atoms with Crippen molar-refractivity contribution in [3.8, 4) is 0 Å². The summed E-state index contributed by atoms with van der Waals surface area (Å²) < 4.78 is 13.1. The molecule has 0 N–H and O–H groups in total. The first-order valence-corrected chi connectivity index (χ1v) is 9.58. The van der Waals surface area contributed by atoms with Gasteiger partial charge in [0.15, 0.2) is 0 Å². The number of rotatable bonds is 4. The molecule has 2 aliphatic heterocycles. The molecule has 0 amide bonds. The van der Waals surface area contributed by atoms with E-state index in [1.165, 1.54) is 0 Å². The van der Waals surface area contributed by atoms with Crippen LogP contribution in [0.5, 0.6) is 0 Å². The predicted molar refractivity (Wildman–Crippen MR) is 100 cm³/mol. The van der Waals surface area contributed by atoms with E-state index in [1.807, 2.05) is 35.8 Å². The molecule has 0 saturated carbocycles. The maximum absolute atomic E-state index is 12.8. The Labute approximate surface area is 153 Å². The zero-order valence-electron chi connectivity index (χ0n) is 15.4. The highest BCUT2D eigenvalue weighted by Gasteiger charge is 2.24. The number of hydrogen-bond donors (Lipinski definition) is 0. The van der Waals surface area contributed by atoms with Crippen molar-refractivity contribution in [1.29, 1.82) is 0 Å². The summed E-state index contributed by atoms with van der Waals surface area (Å²) in [6, 6.07) is 7.61. The molecule has 2 aliphatic rings. The summed E-state index contributed by atoms with van der Waals surface area (Å²) in [5.41, 5.74) is 0.874. The minimum atomic E-state index is 0.0864. The second kappa shape index (κ2) is 7.86. The molecular weight excluding hydrogens is 330 g/mol. The van der Waals surface area contributed by atoms with Gasteiger partial charge in [-0.25, -0.2) is 4.98 Å². The monoisotopic (exact) mass is 357 g/mol. The predicted octanol–water partition coefficient (Wildman–Crippen LogP) is 1.83. The van der Waals surface area contributed by atoms with Gasteiger partial charge < -0.3 is 14.4 Å². The molecule has 2 fully saturated rings. The van der Waals surface area contributed by atoms with Crippen LogP contribution in [-0.4, -0.2) is 60.0 Å². The number of fused-ring (bicyclic) bond motifs is 1. The van der Waals surface area contributed by atoms with Crippen LogP contribution in [0, 0.1) is 12.8 Å². The van der Waals surface area contributed by atoms with E-state index in [9.17, 15) is 4.79 Å². The Morgan fingerprint density at radius 1 is 1.15 bits per heavy atom. The summed E-state index contributed by atoms with van der Waals surface area (Å²) in [7, 11) is 0. The lowest BCUT2D eigenvalue weighted by Gasteiger charge is -2.35. The molecule has 1 aromatic carbocycles. The molecule has 1 aromatic heterocycles. The Balaban J connectivity index is 1.38. The molecule has 0 aliphatic carbocycles. The van der Waals surface area contributed by atoms with E-state index in [1.54, 1.807) is 0 Å². The molecule has 3 heterocycles. The van der Waals surface area contributed by atoms with Gasteiger partial charge in [-0.1, -0.05) is 12.1 Å². The van der Waals surface area contributed by atoms with Gasteiger partial charge in [-0.05, 0) is 50.9 Å². The standard InChI is InChI=1S/C20H27N3O3/c1-15-21-19-5-3-2-4-18(19)20(24)23(15)12-16-6-8-22(9-7-16)13-17-14-25-10-11-26-17/h2-5,16-17H,6-14H2,1H3. The minimum Gasteiger partial charge on any atom is -0.376 e. The summed E-state index contributed by atoms with van der Waals surface area (Å²) in [5.74, 6) is 1.33. The summed E-state index contributed by atoms with van der Waals surface area (Å²) in [6.45, 7) is 7.88. The molecule has 4 rings (SSSR count). The van der Waals surface area contributed by atoms with Crippen molar-refractivity contribution in [3.63, 3.8) is 0 Å². The molecule has 0 spiro atoms. The fourth-order valence-electron chi connectivity index (χ4n) is 4.03. The number of benzene rings is 1. The number of aryl methyl sites for hydroxylation is 1. The lowest BCUT2D eigenvalue weighted by atomic mass is 9.96. The third kappa shape index (κ3) is 3.82. The SMILES string of the molecule is Cc1nc2ccccc2c(=O)n1CC1CCN(CC2COCCO2)CC1. The highest BCUT2D eigenvalue weighted by Crippen LogP contribution is 2.20. The van der Waals surface area contributed by atoms with Crippen LogP contribution in [0.25, 0.3) is 10.9 Å². The highest BCUT2D eigenvalue weighted by molar-refractivity contribution is 5.77. The number of piperidine rings is 1. The Kier molecular flexibility index (Phi) is 5.33. The summed E-state index contributed by atoms with van der Waals surface area (Å²) in [6.07, 6.45) is 2.41. The number of aromatic nitrogens is 2. The van der Waals surface area contributed by atoms with E-state index in [2.05, 4.69) is 9.88 Å². The van der Waals surface area contributed by atoms with E-state index in [0.29, 0.717) is 31.1 Å². The molecular formula is C20H27N3O3. The molecule has 2 saturated heterocycles. The zero-order chi connectivity index (χ0) is 17.9. The minimum absolute atomic E-state index is 0.0864. The van der Waals surface area contributed by atoms with Crippen LogP contribution in [0.2, 0.25) is 0 Å². The van der Waals surface area contributed by atoms with Crippen molar-refractivity contribution in [2.75, 3.05) is 39.5 Å². The van der Waals surface area contributed by atoms with E-state index in [4.69, 9.17) is 9.47 Å². The van der Waals surface area contributed by atoms with Crippen LogP contribution >= 0.6 is 0 Å². The Morgan fingerprint density at radius 2 is 1.96 bits per heavy atom. The number of likely N-dealkylation sites (tertiary alicyclic amines) is 1. The first kappa shape index (κ1) is 17.6. The Bertz CT molecular complexity index is 806. The molecule has 26 heavy (non-hydrogen) atoms. The quantitative estimate of drug-likeness (QED) is 0.836. The van der Waals surface area contributed by atoms with Gasteiger partial charge in [0.2, 0.25) is 0 Å². The molecule has 0 radical (unpaired) electrons. The topological polar surface area (TPSA) is 56.6 Å². The first-order valence-electron chi connectivity index (χ1n) is 9.58. The number of hydrogen-bond acceptors (Lipinski definition) is 5. The van der Waals surface area contributed by atoms with Crippen LogP contribution in [-0.2, 0) is 16.0 Å². The average molecular weight is 357 g/mol. The Hall–Kier alpha value is -1.76. The van der Waals surface area contributed by atoms with Gasteiger partial charge in [-0.3, -0.25) is 9.36 Å². The Morgan fingerprint density at radius 3 is 2.73 bits per heavy atom. The molecule has 6 nitrogen and oxygen atoms in total. The fourth-order valence-corrected chi connectivity index (χ4v) is 4.03. The molecule has 6 heteroatoms. The second-order valence-electron chi connectivity index (χ2n) is 7.40. The normalized spacial score (nSPS) is 22.7. The van der Waals surface area contributed by atoms with Crippen molar-refractivity contribution < 1.29 is 9.47 Å². The van der Waals surface area contributed by atoms with E-state index in [-0.39, 0.29) is 11.7 Å². The maximum Gasteiger partial charge on any atom is 0.261 e. The van der Waals surface area contributed by atoms with Crippen LogP contribution in [0.15, 0.2) is 29.1 Å². The largest absolute Gasteiger partial charge is 0.376 e. The first-order chi connectivity index (χ1) is 12.7. The number of ether oxygens (including phenoxy) is 2. The number of para-hydroxylation sites is 1. The number of nitrogens with zero attached hydrogens (tertiary/aromatic N) is 3. The molecule has 140 valence electrons. The average Bonchev–Trinajstić information content (AvgIpc) is 2.67. The van der Waals surface area contributed by atoms with Crippen LogP contribution < -0.4 is 5.56 Å². The molecule has 1 atom stereocenters. The van der Waals surface area contributed by atoms with Crippen molar-refractivity contribution in [1.82, 2.24) is 14.5 Å². The van der Waals surface area contributed by atoms with Gasteiger partial charge in [0.05, 0.1) is 36.8 Å². The van der Waals surface area contributed by atoms with Crippen molar-refractivity contribution in [2.24, 2.45) is 5.92 Å². The molecule has 2 aromatic rings. The lowest BCUT2D eigenvalue weighted by molar-refractivity contribution is -0.0994. The van der Waals surface area contributed by atoms with Gasteiger partial charge in [-0.2, -0.15) is 0 Å². The second-order valence-corrected chi connectivity index (χ2v) is 7.40. The maximum atomic E-state index is 12.8. The van der Waals surface area contributed by atoms with Gasteiger partial charge in [0.25, 0.3) is 5.56 Å². The summed E-state index contributed by atoms with van der Waals surface area (Å²) in [4.78, 5) is 19.9. The highest BCUT2D eigenvalue weighted by atomic mass is 16.6. The van der Waals surface area contributed by atoms with Gasteiger partial charge in [0.1, 0.15) is 5.82 Å². The van der Waals surface area contributed by atoms with Crippen LogP contribution in [0.1, 0.15) is 18.7 Å². The van der Waals surface area contributed by atoms with Gasteiger partial charge in [-0.15, -0.1) is 0 Å².